The van der Waals surface area contributed by atoms with Crippen molar-refractivity contribution in [3.8, 4) is 11.3 Å². The van der Waals surface area contributed by atoms with E-state index in [0.717, 1.165) is 37.9 Å². The molecule has 0 spiro atoms. The third-order valence-electron chi connectivity index (χ3n) is 5.25. The fourth-order valence-corrected chi connectivity index (χ4v) is 4.12. The maximum Gasteiger partial charge on any atom is 0.416 e. The number of carbonyl (C=O) groups excluding carboxylic acids is 1. The first-order chi connectivity index (χ1) is 13.3. The van der Waals surface area contributed by atoms with Gasteiger partial charge in [0.2, 0.25) is 0 Å². The number of nitrogens with one attached hydrogen (secondary N) is 1. The minimum atomic E-state index is -4.38. The number of aldehydes is 1. The first-order valence-electron chi connectivity index (χ1n) is 9.28. The van der Waals surface area contributed by atoms with Gasteiger partial charge in [0.15, 0.2) is 0 Å². The number of aromatic nitrogens is 2. The van der Waals surface area contributed by atoms with E-state index in [2.05, 4.69) is 14.9 Å². The number of hydrogen-bond donors (Lipinski definition) is 1. The number of thioether (sulfide) groups is 1. The SMILES string of the molecule is CSC(C=O)CN1CCCCC1c1ncc(-c2ccc(C)c(C(F)(F)F)c2)[nH]1. The molecule has 1 saturated heterocycles. The van der Waals surface area contributed by atoms with Gasteiger partial charge < -0.3 is 9.78 Å². The van der Waals surface area contributed by atoms with Crippen LogP contribution in [-0.2, 0) is 11.0 Å². The molecule has 2 heterocycles. The van der Waals surface area contributed by atoms with Gasteiger partial charge in [0, 0.05) is 12.1 Å². The predicted molar refractivity (Wildman–Crippen MR) is 105 cm³/mol. The molecule has 1 fully saturated rings. The van der Waals surface area contributed by atoms with Crippen LogP contribution in [0.15, 0.2) is 24.4 Å². The van der Waals surface area contributed by atoms with E-state index >= 15 is 0 Å². The van der Waals surface area contributed by atoms with E-state index in [9.17, 15) is 18.0 Å². The Morgan fingerprint density at radius 3 is 2.86 bits per heavy atom. The van der Waals surface area contributed by atoms with Crippen molar-refractivity contribution in [2.45, 2.75) is 43.7 Å². The quantitative estimate of drug-likeness (QED) is 0.690. The Bertz CT molecular complexity index is 821. The van der Waals surface area contributed by atoms with Crippen LogP contribution in [0.25, 0.3) is 11.3 Å². The summed E-state index contributed by atoms with van der Waals surface area (Å²) in [4.78, 5) is 21.2. The highest BCUT2D eigenvalue weighted by Crippen LogP contribution is 2.35. The predicted octanol–water partition coefficient (Wildman–Crippen LogP) is 4.86. The lowest BCUT2D eigenvalue weighted by atomic mass is 10.0. The zero-order valence-electron chi connectivity index (χ0n) is 15.9. The van der Waals surface area contributed by atoms with Gasteiger partial charge in [-0.15, -0.1) is 0 Å². The van der Waals surface area contributed by atoms with Gasteiger partial charge in [-0.25, -0.2) is 4.98 Å². The highest BCUT2D eigenvalue weighted by Gasteiger charge is 2.33. The minimum absolute atomic E-state index is 0.0460. The Balaban J connectivity index is 1.85. The molecular weight excluding hydrogens is 387 g/mol. The number of imidazole rings is 1. The van der Waals surface area contributed by atoms with Gasteiger partial charge >= 0.3 is 6.18 Å². The molecule has 8 heteroatoms. The molecule has 28 heavy (non-hydrogen) atoms. The van der Waals surface area contributed by atoms with Crippen LogP contribution in [0.2, 0.25) is 0 Å². The smallest absolute Gasteiger partial charge is 0.341 e. The minimum Gasteiger partial charge on any atom is -0.341 e. The number of aryl methyl sites for hydroxylation is 1. The van der Waals surface area contributed by atoms with E-state index < -0.39 is 11.7 Å². The van der Waals surface area contributed by atoms with Gasteiger partial charge in [-0.2, -0.15) is 24.9 Å². The van der Waals surface area contributed by atoms with Crippen LogP contribution in [0.3, 0.4) is 0 Å². The third-order valence-corrected chi connectivity index (χ3v) is 6.11. The van der Waals surface area contributed by atoms with Crippen LogP contribution in [0.1, 0.15) is 42.3 Å². The molecule has 1 N–H and O–H groups in total. The number of piperidine rings is 1. The van der Waals surface area contributed by atoms with E-state index in [0.29, 0.717) is 17.8 Å². The number of carbonyl (C=O) groups is 1. The molecule has 0 saturated carbocycles. The van der Waals surface area contributed by atoms with Crippen LogP contribution < -0.4 is 0 Å². The number of halogens is 3. The van der Waals surface area contributed by atoms with Crippen LogP contribution >= 0.6 is 11.8 Å². The molecule has 2 unspecified atom stereocenters. The largest absolute Gasteiger partial charge is 0.416 e. The molecule has 0 bridgehead atoms. The van der Waals surface area contributed by atoms with E-state index in [1.165, 1.54) is 30.8 Å². The molecule has 1 aromatic carbocycles. The molecule has 1 aliphatic heterocycles. The molecule has 2 atom stereocenters. The second kappa shape index (κ2) is 8.69. The number of H-pyrrole nitrogens is 1. The fraction of sp³-hybridized carbons (Fsp3) is 0.500. The number of rotatable bonds is 6. The Morgan fingerprint density at radius 2 is 2.18 bits per heavy atom. The summed E-state index contributed by atoms with van der Waals surface area (Å²) in [5.41, 5.74) is 0.609. The number of likely N-dealkylation sites (tertiary alicyclic amines) is 1. The molecule has 1 aliphatic rings. The molecule has 0 amide bonds. The van der Waals surface area contributed by atoms with Crippen molar-refractivity contribution in [3.05, 3.63) is 41.3 Å². The molecule has 1 aromatic heterocycles. The zero-order chi connectivity index (χ0) is 20.3. The summed E-state index contributed by atoms with van der Waals surface area (Å²) in [6.07, 6.45) is 3.13. The molecule has 4 nitrogen and oxygen atoms in total. The number of hydrogen-bond acceptors (Lipinski definition) is 4. The summed E-state index contributed by atoms with van der Waals surface area (Å²) in [6, 6.07) is 4.38. The Kier molecular flexibility index (Phi) is 6.50. The highest BCUT2D eigenvalue weighted by molar-refractivity contribution is 7.99. The summed E-state index contributed by atoms with van der Waals surface area (Å²) >= 11 is 1.52. The van der Waals surface area contributed by atoms with Gasteiger partial charge in [-0.1, -0.05) is 18.6 Å². The second-order valence-electron chi connectivity index (χ2n) is 7.13. The van der Waals surface area contributed by atoms with Crippen molar-refractivity contribution < 1.29 is 18.0 Å². The lowest BCUT2D eigenvalue weighted by Gasteiger charge is -2.35. The van der Waals surface area contributed by atoms with Crippen LogP contribution in [0, 0.1) is 6.92 Å². The van der Waals surface area contributed by atoms with E-state index in [4.69, 9.17) is 0 Å². The lowest BCUT2D eigenvalue weighted by molar-refractivity contribution is -0.138. The average Bonchev–Trinajstić information content (AvgIpc) is 3.15. The molecule has 2 aromatic rings. The number of aromatic amines is 1. The summed E-state index contributed by atoms with van der Waals surface area (Å²) < 4.78 is 39.7. The summed E-state index contributed by atoms with van der Waals surface area (Å²) in [6.45, 7) is 2.99. The van der Waals surface area contributed by atoms with Crippen molar-refractivity contribution in [1.29, 1.82) is 0 Å². The summed E-state index contributed by atoms with van der Waals surface area (Å²) in [7, 11) is 0. The Hall–Kier alpha value is -1.80. The summed E-state index contributed by atoms with van der Waals surface area (Å²) in [5, 5.41) is -0.0959. The number of benzene rings is 1. The normalized spacial score (nSPS) is 19.5. The number of nitrogens with zero attached hydrogens (tertiary/aromatic N) is 2. The van der Waals surface area contributed by atoms with Crippen molar-refractivity contribution in [3.63, 3.8) is 0 Å². The maximum atomic E-state index is 13.2. The molecule has 152 valence electrons. The van der Waals surface area contributed by atoms with E-state index in [1.54, 1.807) is 12.3 Å². The monoisotopic (exact) mass is 411 g/mol. The topological polar surface area (TPSA) is 49.0 Å². The molecule has 3 rings (SSSR count). The van der Waals surface area contributed by atoms with Crippen molar-refractivity contribution in [2.75, 3.05) is 19.3 Å². The Labute approximate surface area is 166 Å². The maximum absolute atomic E-state index is 13.2. The standard InChI is InChI=1S/C20H24F3N3OS/c1-13-6-7-14(9-16(13)20(21,22)23)17-10-24-19(25-17)18-5-3-4-8-26(18)11-15(12-27)28-2/h6-7,9-10,12,15,18H,3-5,8,11H2,1-2H3,(H,24,25). The highest BCUT2D eigenvalue weighted by atomic mass is 32.2. The van der Waals surface area contributed by atoms with Crippen molar-refractivity contribution in [1.82, 2.24) is 14.9 Å². The van der Waals surface area contributed by atoms with Crippen molar-refractivity contribution in [2.24, 2.45) is 0 Å². The first kappa shape index (κ1) is 20.9. The Morgan fingerprint density at radius 1 is 1.39 bits per heavy atom. The molecular formula is C20H24F3N3OS. The average molecular weight is 411 g/mol. The van der Waals surface area contributed by atoms with Gasteiger partial charge in [0.25, 0.3) is 0 Å². The summed E-state index contributed by atoms with van der Waals surface area (Å²) in [5.74, 6) is 0.745. The van der Waals surface area contributed by atoms with Gasteiger partial charge in [0.1, 0.15) is 12.1 Å². The molecule has 0 radical (unpaired) electrons. The zero-order valence-corrected chi connectivity index (χ0v) is 16.7. The lowest BCUT2D eigenvalue weighted by Crippen LogP contribution is -2.38. The third kappa shape index (κ3) is 4.60. The van der Waals surface area contributed by atoms with E-state index in [1.807, 2.05) is 6.26 Å². The van der Waals surface area contributed by atoms with Crippen LogP contribution in [0.5, 0.6) is 0 Å². The van der Waals surface area contributed by atoms with E-state index in [-0.39, 0.29) is 16.9 Å². The van der Waals surface area contributed by atoms with Gasteiger partial charge in [0.05, 0.1) is 28.7 Å². The second-order valence-corrected chi connectivity index (χ2v) is 8.20. The van der Waals surface area contributed by atoms with Gasteiger partial charge in [-0.05, 0) is 44.2 Å². The number of alkyl halides is 3. The molecule has 0 aliphatic carbocycles. The first-order valence-corrected chi connectivity index (χ1v) is 10.6. The fourth-order valence-electron chi connectivity index (χ4n) is 3.67. The van der Waals surface area contributed by atoms with Crippen LogP contribution in [0.4, 0.5) is 13.2 Å². The van der Waals surface area contributed by atoms with Crippen LogP contribution in [-0.4, -0.2) is 45.7 Å². The van der Waals surface area contributed by atoms with Gasteiger partial charge in [-0.3, -0.25) is 4.90 Å². The van der Waals surface area contributed by atoms with Crippen molar-refractivity contribution >= 4 is 18.0 Å².